The molecule has 0 heterocycles. The fourth-order valence-electron chi connectivity index (χ4n) is 1.87. The van der Waals surface area contributed by atoms with E-state index in [0.29, 0.717) is 0 Å². The van der Waals surface area contributed by atoms with Crippen LogP contribution in [0.15, 0.2) is 24.3 Å². The van der Waals surface area contributed by atoms with E-state index in [1.807, 2.05) is 0 Å². The second kappa shape index (κ2) is 7.61. The summed E-state index contributed by atoms with van der Waals surface area (Å²) in [6, 6.07) is 3.25. The molecule has 0 aromatic heterocycles. The molecule has 1 aromatic carbocycles. The smallest absolute Gasteiger partial charge is 0.416 e. The molecule has 1 amide bonds. The molecular weight excluding hydrogens is 361 g/mol. The van der Waals surface area contributed by atoms with E-state index in [9.17, 15) is 26.4 Å². The zero-order valence-corrected chi connectivity index (χ0v) is 15.1. The summed E-state index contributed by atoms with van der Waals surface area (Å²) < 4.78 is 68.4. The van der Waals surface area contributed by atoms with Crippen molar-refractivity contribution < 1.29 is 31.1 Å². The van der Waals surface area contributed by atoms with Crippen LogP contribution in [0.3, 0.4) is 0 Å². The van der Waals surface area contributed by atoms with Gasteiger partial charge in [-0.3, -0.25) is 0 Å². The lowest BCUT2D eigenvalue weighted by Crippen LogP contribution is -2.40. The van der Waals surface area contributed by atoms with Crippen LogP contribution in [0.2, 0.25) is 0 Å². The van der Waals surface area contributed by atoms with E-state index in [1.165, 1.54) is 12.1 Å². The van der Waals surface area contributed by atoms with Crippen molar-refractivity contribution in [2.75, 3.05) is 12.8 Å². The van der Waals surface area contributed by atoms with Crippen molar-refractivity contribution in [2.45, 2.75) is 38.6 Å². The molecule has 1 atom stereocenters. The van der Waals surface area contributed by atoms with E-state index < -0.39 is 39.5 Å². The molecule has 1 rings (SSSR count). The van der Waals surface area contributed by atoms with E-state index in [0.717, 1.165) is 18.4 Å². The fourth-order valence-corrected chi connectivity index (χ4v) is 2.34. The van der Waals surface area contributed by atoms with Crippen LogP contribution in [0.1, 0.15) is 37.9 Å². The number of alkyl carbamates (subject to hydrolysis) is 1. The molecule has 0 saturated carbocycles. The van der Waals surface area contributed by atoms with Gasteiger partial charge in [0.15, 0.2) is 0 Å². The molecule has 0 spiro atoms. The van der Waals surface area contributed by atoms with Crippen molar-refractivity contribution in [3.8, 4) is 0 Å². The minimum absolute atomic E-state index is 0.0943. The van der Waals surface area contributed by atoms with Crippen molar-refractivity contribution in [1.29, 1.82) is 0 Å². The van der Waals surface area contributed by atoms with Crippen LogP contribution < -0.4 is 10.0 Å². The lowest BCUT2D eigenvalue weighted by atomic mass is 10.0. The molecule has 10 heteroatoms. The third-order valence-electron chi connectivity index (χ3n) is 2.86. The highest BCUT2D eigenvalue weighted by Gasteiger charge is 2.31. The van der Waals surface area contributed by atoms with Crippen molar-refractivity contribution in [2.24, 2.45) is 0 Å². The van der Waals surface area contributed by atoms with Crippen LogP contribution in [0.4, 0.5) is 18.0 Å². The number of hydrogen-bond donors (Lipinski definition) is 2. The minimum Gasteiger partial charge on any atom is -0.444 e. The number of rotatable bonds is 5. The zero-order chi connectivity index (χ0) is 19.5. The van der Waals surface area contributed by atoms with Gasteiger partial charge in [0.05, 0.1) is 17.9 Å². The number of carbonyl (C=O) groups excluding carboxylic acids is 1. The normalized spacial score (nSPS) is 14.0. The van der Waals surface area contributed by atoms with Gasteiger partial charge in [0.2, 0.25) is 10.0 Å². The van der Waals surface area contributed by atoms with Gasteiger partial charge in [-0.05, 0) is 38.5 Å². The number of alkyl halides is 3. The molecular formula is C15H21F3N2O4S. The Kier molecular flexibility index (Phi) is 6.46. The summed E-state index contributed by atoms with van der Waals surface area (Å²) in [7, 11) is -3.60. The monoisotopic (exact) mass is 382 g/mol. The fraction of sp³-hybridized carbons (Fsp3) is 0.533. The third kappa shape index (κ3) is 8.21. The maximum atomic E-state index is 12.9. The lowest BCUT2D eigenvalue weighted by Gasteiger charge is -2.24. The molecule has 0 aliphatic carbocycles. The number of nitrogens with one attached hydrogen (secondary N) is 2. The molecule has 1 aromatic rings. The summed E-state index contributed by atoms with van der Waals surface area (Å²) in [5, 5.41) is 2.39. The molecule has 6 nitrogen and oxygen atoms in total. The summed E-state index contributed by atoms with van der Waals surface area (Å²) in [6.07, 6.45) is -4.52. The van der Waals surface area contributed by atoms with Gasteiger partial charge >= 0.3 is 12.3 Å². The SMILES string of the molecule is CC(C)(C)OC(=O)NC(CNS(C)(=O)=O)c1cccc(C(F)(F)F)c1. The largest absolute Gasteiger partial charge is 0.444 e. The average Bonchev–Trinajstić information content (AvgIpc) is 2.39. The highest BCUT2D eigenvalue weighted by Crippen LogP contribution is 2.30. The Balaban J connectivity index is 3.08. The lowest BCUT2D eigenvalue weighted by molar-refractivity contribution is -0.137. The predicted octanol–water partition coefficient (Wildman–Crippen LogP) is 2.82. The Morgan fingerprint density at radius 1 is 1.24 bits per heavy atom. The Labute approximate surface area is 144 Å². The maximum absolute atomic E-state index is 12.9. The number of halogens is 3. The number of ether oxygens (including phenoxy) is 1. The molecule has 0 aliphatic heterocycles. The highest BCUT2D eigenvalue weighted by atomic mass is 32.2. The Morgan fingerprint density at radius 2 is 1.84 bits per heavy atom. The minimum atomic E-state index is -4.56. The van der Waals surface area contributed by atoms with Gasteiger partial charge < -0.3 is 10.1 Å². The topological polar surface area (TPSA) is 84.5 Å². The average molecular weight is 382 g/mol. The van der Waals surface area contributed by atoms with Gasteiger partial charge in [-0.2, -0.15) is 13.2 Å². The second-order valence-corrected chi connectivity index (χ2v) is 8.28. The summed E-state index contributed by atoms with van der Waals surface area (Å²) in [5.74, 6) is 0. The highest BCUT2D eigenvalue weighted by molar-refractivity contribution is 7.88. The molecule has 0 fully saturated rings. The summed E-state index contributed by atoms with van der Waals surface area (Å²) >= 11 is 0. The van der Waals surface area contributed by atoms with Crippen LogP contribution in [0, 0.1) is 0 Å². The molecule has 0 bridgehead atoms. The van der Waals surface area contributed by atoms with E-state index in [1.54, 1.807) is 20.8 Å². The first kappa shape index (κ1) is 21.2. The molecule has 0 radical (unpaired) electrons. The zero-order valence-electron chi connectivity index (χ0n) is 14.3. The molecule has 25 heavy (non-hydrogen) atoms. The van der Waals surface area contributed by atoms with Gasteiger partial charge in [-0.1, -0.05) is 12.1 Å². The number of amides is 1. The van der Waals surface area contributed by atoms with Crippen LogP contribution in [-0.4, -0.2) is 32.9 Å². The predicted molar refractivity (Wildman–Crippen MR) is 86.4 cm³/mol. The molecule has 1 unspecified atom stereocenters. The Bertz CT molecular complexity index is 712. The van der Waals surface area contributed by atoms with Crippen molar-refractivity contribution >= 4 is 16.1 Å². The maximum Gasteiger partial charge on any atom is 0.416 e. The van der Waals surface area contributed by atoms with Crippen molar-refractivity contribution in [3.63, 3.8) is 0 Å². The summed E-state index contributed by atoms with van der Waals surface area (Å²) in [6.45, 7) is 4.56. The molecule has 0 saturated heterocycles. The van der Waals surface area contributed by atoms with Gasteiger partial charge in [0.25, 0.3) is 0 Å². The third-order valence-corrected chi connectivity index (χ3v) is 3.55. The standard InChI is InChI=1S/C15H21F3N2O4S/c1-14(2,3)24-13(21)20-12(9-19-25(4,22)23)10-6-5-7-11(8-10)15(16,17)18/h5-8,12,19H,9H2,1-4H3,(H,20,21). The van der Waals surface area contributed by atoms with E-state index in [-0.39, 0.29) is 12.1 Å². The van der Waals surface area contributed by atoms with Crippen molar-refractivity contribution in [3.05, 3.63) is 35.4 Å². The number of carbonyl (C=O) groups is 1. The van der Waals surface area contributed by atoms with Gasteiger partial charge in [0, 0.05) is 6.54 Å². The van der Waals surface area contributed by atoms with Crippen LogP contribution in [0.25, 0.3) is 0 Å². The second-order valence-electron chi connectivity index (χ2n) is 6.44. The van der Waals surface area contributed by atoms with Crippen LogP contribution >= 0.6 is 0 Å². The molecule has 142 valence electrons. The van der Waals surface area contributed by atoms with E-state index in [4.69, 9.17) is 4.74 Å². The van der Waals surface area contributed by atoms with E-state index >= 15 is 0 Å². The number of sulfonamides is 1. The first-order valence-corrected chi connectivity index (χ1v) is 9.18. The number of benzene rings is 1. The van der Waals surface area contributed by atoms with E-state index in [2.05, 4.69) is 10.0 Å². The van der Waals surface area contributed by atoms with Crippen LogP contribution in [-0.2, 0) is 20.9 Å². The molecule has 0 aliphatic rings. The van der Waals surface area contributed by atoms with Gasteiger partial charge in [-0.15, -0.1) is 0 Å². The molecule has 2 N–H and O–H groups in total. The first-order valence-electron chi connectivity index (χ1n) is 7.29. The Hall–Kier alpha value is -1.81. The Morgan fingerprint density at radius 3 is 2.32 bits per heavy atom. The summed E-state index contributed by atoms with van der Waals surface area (Å²) in [4.78, 5) is 11.9. The van der Waals surface area contributed by atoms with Gasteiger partial charge in [0.1, 0.15) is 5.60 Å². The number of hydrogen-bond acceptors (Lipinski definition) is 4. The summed E-state index contributed by atoms with van der Waals surface area (Å²) in [5.41, 5.74) is -1.62. The van der Waals surface area contributed by atoms with Crippen LogP contribution in [0.5, 0.6) is 0 Å². The quantitative estimate of drug-likeness (QED) is 0.820. The van der Waals surface area contributed by atoms with Gasteiger partial charge in [-0.25, -0.2) is 17.9 Å². The first-order chi connectivity index (χ1) is 11.2. The van der Waals surface area contributed by atoms with Crippen molar-refractivity contribution in [1.82, 2.24) is 10.0 Å².